The number of hydrogen-bond acceptors (Lipinski definition) is 3. The highest BCUT2D eigenvalue weighted by Gasteiger charge is 2.28. The summed E-state index contributed by atoms with van der Waals surface area (Å²) >= 11 is 13.8. The summed E-state index contributed by atoms with van der Waals surface area (Å²) in [6, 6.07) is 14.7. The normalized spacial score (nSPS) is 14.9. The Morgan fingerprint density at radius 3 is 2.45 bits per heavy atom. The summed E-state index contributed by atoms with van der Waals surface area (Å²) in [5.74, 6) is 0.808. The van der Waals surface area contributed by atoms with Crippen molar-refractivity contribution in [3.05, 3.63) is 69.7 Å². The van der Waals surface area contributed by atoms with Crippen molar-refractivity contribution in [2.45, 2.75) is 57.0 Å². The van der Waals surface area contributed by atoms with Crippen LogP contribution in [0, 0.1) is 0 Å². The molecule has 1 N–H and O–H groups in total. The zero-order valence-corrected chi connectivity index (χ0v) is 20.0. The molecule has 1 saturated carbocycles. The van der Waals surface area contributed by atoms with Gasteiger partial charge in [0.25, 0.3) is 0 Å². The summed E-state index contributed by atoms with van der Waals surface area (Å²) in [6.45, 7) is 2.10. The van der Waals surface area contributed by atoms with Crippen LogP contribution in [0.25, 0.3) is 0 Å². The standard InChI is InChI=1S/C24H28Cl2N2O2S/c1-17(24(30)27-21-7-3-4-8-21)28(14-19-6-2-5-9-22(19)26)23(29)16-31-15-18-10-12-20(25)13-11-18/h2,5-6,9-13,17,21H,3-4,7-8,14-16H2,1H3,(H,27,30). The average Bonchev–Trinajstić information content (AvgIpc) is 3.27. The summed E-state index contributed by atoms with van der Waals surface area (Å²) < 4.78 is 0. The molecule has 2 amide bonds. The van der Waals surface area contributed by atoms with E-state index in [-0.39, 0.29) is 23.6 Å². The molecule has 1 unspecified atom stereocenters. The van der Waals surface area contributed by atoms with E-state index in [0.717, 1.165) is 36.8 Å². The molecule has 0 aliphatic heterocycles. The second kappa shape index (κ2) is 11.8. The van der Waals surface area contributed by atoms with Crippen molar-refractivity contribution >= 4 is 46.8 Å². The van der Waals surface area contributed by atoms with Crippen molar-refractivity contribution in [3.63, 3.8) is 0 Å². The topological polar surface area (TPSA) is 49.4 Å². The van der Waals surface area contributed by atoms with Gasteiger partial charge in [-0.1, -0.05) is 66.4 Å². The van der Waals surface area contributed by atoms with Crippen LogP contribution in [0.5, 0.6) is 0 Å². The minimum atomic E-state index is -0.569. The third-order valence-corrected chi connectivity index (χ3v) is 7.18. The van der Waals surface area contributed by atoms with Gasteiger partial charge in [0.15, 0.2) is 0 Å². The van der Waals surface area contributed by atoms with Crippen molar-refractivity contribution in [2.75, 3.05) is 5.75 Å². The van der Waals surface area contributed by atoms with E-state index in [2.05, 4.69) is 5.32 Å². The van der Waals surface area contributed by atoms with E-state index < -0.39 is 6.04 Å². The predicted octanol–water partition coefficient (Wildman–Crippen LogP) is 5.70. The molecule has 1 atom stereocenters. The minimum absolute atomic E-state index is 0.0760. The van der Waals surface area contributed by atoms with Gasteiger partial charge in [0, 0.05) is 28.4 Å². The van der Waals surface area contributed by atoms with Crippen LogP contribution in [0.15, 0.2) is 48.5 Å². The predicted molar refractivity (Wildman–Crippen MR) is 129 cm³/mol. The Bertz CT molecular complexity index is 885. The number of nitrogens with one attached hydrogen (secondary N) is 1. The SMILES string of the molecule is CC(C(=O)NC1CCCC1)N(Cc1ccccc1Cl)C(=O)CSCc1ccc(Cl)cc1. The fourth-order valence-electron chi connectivity index (χ4n) is 3.70. The molecule has 2 aromatic rings. The Hall–Kier alpha value is -1.69. The van der Waals surface area contributed by atoms with E-state index >= 15 is 0 Å². The van der Waals surface area contributed by atoms with Crippen LogP contribution in [0.2, 0.25) is 10.0 Å². The molecule has 7 heteroatoms. The molecule has 0 spiro atoms. The second-order valence-corrected chi connectivity index (χ2v) is 9.73. The van der Waals surface area contributed by atoms with Crippen LogP contribution in [-0.4, -0.2) is 34.6 Å². The first-order valence-corrected chi connectivity index (χ1v) is 12.5. The lowest BCUT2D eigenvalue weighted by atomic mass is 10.1. The molecule has 1 aliphatic rings. The van der Waals surface area contributed by atoms with E-state index in [0.29, 0.717) is 22.3 Å². The summed E-state index contributed by atoms with van der Waals surface area (Å²) in [6.07, 6.45) is 4.30. The molecule has 31 heavy (non-hydrogen) atoms. The van der Waals surface area contributed by atoms with Crippen LogP contribution in [0.4, 0.5) is 0 Å². The number of halogens is 2. The third kappa shape index (κ3) is 7.16. The fraction of sp³-hybridized carbons (Fsp3) is 0.417. The molecule has 0 radical (unpaired) electrons. The summed E-state index contributed by atoms with van der Waals surface area (Å²) in [5.41, 5.74) is 1.94. The summed E-state index contributed by atoms with van der Waals surface area (Å²) in [4.78, 5) is 27.7. The molecule has 2 aromatic carbocycles. The number of hydrogen-bond donors (Lipinski definition) is 1. The molecular formula is C24H28Cl2N2O2S. The molecule has 0 bridgehead atoms. The smallest absolute Gasteiger partial charge is 0.242 e. The lowest BCUT2D eigenvalue weighted by Crippen LogP contribution is -2.50. The van der Waals surface area contributed by atoms with Crippen molar-refractivity contribution in [1.29, 1.82) is 0 Å². The van der Waals surface area contributed by atoms with Gasteiger partial charge < -0.3 is 10.2 Å². The number of nitrogens with zero attached hydrogens (tertiary/aromatic N) is 1. The zero-order chi connectivity index (χ0) is 22.2. The number of benzene rings is 2. The lowest BCUT2D eigenvalue weighted by Gasteiger charge is -2.30. The molecule has 1 aliphatic carbocycles. The van der Waals surface area contributed by atoms with Gasteiger partial charge in [-0.3, -0.25) is 9.59 Å². The molecular weight excluding hydrogens is 451 g/mol. The van der Waals surface area contributed by atoms with E-state index in [9.17, 15) is 9.59 Å². The van der Waals surface area contributed by atoms with Gasteiger partial charge in [-0.2, -0.15) is 0 Å². The van der Waals surface area contributed by atoms with E-state index in [4.69, 9.17) is 23.2 Å². The first-order chi connectivity index (χ1) is 14.9. The number of carbonyl (C=O) groups is 2. The summed E-state index contributed by atoms with van der Waals surface area (Å²) in [7, 11) is 0. The highest BCUT2D eigenvalue weighted by Crippen LogP contribution is 2.22. The Balaban J connectivity index is 1.66. The van der Waals surface area contributed by atoms with Crippen molar-refractivity contribution in [1.82, 2.24) is 10.2 Å². The Labute approximate surface area is 198 Å². The molecule has 4 nitrogen and oxygen atoms in total. The Kier molecular flexibility index (Phi) is 9.12. The van der Waals surface area contributed by atoms with Gasteiger partial charge in [0.05, 0.1) is 5.75 Å². The zero-order valence-electron chi connectivity index (χ0n) is 17.7. The summed E-state index contributed by atoms with van der Waals surface area (Å²) in [5, 5.41) is 4.40. The van der Waals surface area contributed by atoms with Gasteiger partial charge in [-0.15, -0.1) is 11.8 Å². The van der Waals surface area contributed by atoms with Crippen molar-refractivity contribution in [2.24, 2.45) is 0 Å². The minimum Gasteiger partial charge on any atom is -0.352 e. The lowest BCUT2D eigenvalue weighted by molar-refractivity contribution is -0.138. The maximum absolute atomic E-state index is 13.1. The number of amides is 2. The van der Waals surface area contributed by atoms with Crippen LogP contribution in [0.1, 0.15) is 43.7 Å². The molecule has 1 fully saturated rings. The maximum Gasteiger partial charge on any atom is 0.242 e. The fourth-order valence-corrected chi connectivity index (χ4v) is 4.90. The number of thioether (sulfide) groups is 1. The van der Waals surface area contributed by atoms with Gasteiger partial charge >= 0.3 is 0 Å². The number of rotatable bonds is 9. The average molecular weight is 479 g/mol. The van der Waals surface area contributed by atoms with Gasteiger partial charge in [-0.25, -0.2) is 0 Å². The second-order valence-electron chi connectivity index (χ2n) is 7.90. The largest absolute Gasteiger partial charge is 0.352 e. The first kappa shape index (κ1) is 24.0. The monoisotopic (exact) mass is 478 g/mol. The highest BCUT2D eigenvalue weighted by atomic mass is 35.5. The molecule has 0 aromatic heterocycles. The number of carbonyl (C=O) groups excluding carboxylic acids is 2. The van der Waals surface area contributed by atoms with Crippen molar-refractivity contribution < 1.29 is 9.59 Å². The molecule has 0 heterocycles. The first-order valence-electron chi connectivity index (χ1n) is 10.6. The molecule has 0 saturated heterocycles. The van der Waals surface area contributed by atoms with Crippen molar-refractivity contribution in [3.8, 4) is 0 Å². The van der Waals surface area contributed by atoms with Crippen LogP contribution >= 0.6 is 35.0 Å². The van der Waals surface area contributed by atoms with Gasteiger partial charge in [-0.05, 0) is 49.1 Å². The van der Waals surface area contributed by atoms with E-state index in [1.165, 1.54) is 11.8 Å². The van der Waals surface area contributed by atoms with E-state index in [1.54, 1.807) is 17.9 Å². The van der Waals surface area contributed by atoms with Gasteiger partial charge in [0.1, 0.15) is 6.04 Å². The van der Waals surface area contributed by atoms with E-state index in [1.807, 2.05) is 42.5 Å². The van der Waals surface area contributed by atoms with Crippen LogP contribution in [-0.2, 0) is 21.9 Å². The Morgan fingerprint density at radius 2 is 1.77 bits per heavy atom. The van der Waals surface area contributed by atoms with Crippen LogP contribution in [0.3, 0.4) is 0 Å². The highest BCUT2D eigenvalue weighted by molar-refractivity contribution is 7.99. The molecule has 166 valence electrons. The maximum atomic E-state index is 13.1. The van der Waals surface area contributed by atoms with Gasteiger partial charge in [0.2, 0.25) is 11.8 Å². The quantitative estimate of drug-likeness (QED) is 0.502. The molecule has 3 rings (SSSR count). The Morgan fingerprint density at radius 1 is 1.10 bits per heavy atom. The van der Waals surface area contributed by atoms with Crippen LogP contribution < -0.4 is 5.32 Å². The third-order valence-electron chi connectivity index (χ3n) is 5.57.